The van der Waals surface area contributed by atoms with Crippen molar-refractivity contribution in [3.63, 3.8) is 0 Å². The highest BCUT2D eigenvalue weighted by Gasteiger charge is 2.25. The number of methoxy groups -OCH3 is 1. The summed E-state index contributed by atoms with van der Waals surface area (Å²) in [5.74, 6) is -0.931. The number of ketones is 1. The van der Waals surface area contributed by atoms with Crippen LogP contribution in [0.15, 0.2) is 69.6 Å². The number of aliphatic hydroxyl groups is 1. The number of phenolic OH excluding ortho intramolecular Hbond substituents is 1. The molecule has 0 bridgehead atoms. The number of allylic oxidation sites excluding steroid dienone is 1. The minimum absolute atomic E-state index is 0.00145. The number of hydrogen-bond acceptors (Lipinski definition) is 6. The third-order valence-electron chi connectivity index (χ3n) is 4.47. The van der Waals surface area contributed by atoms with E-state index in [1.165, 1.54) is 19.2 Å². The lowest BCUT2D eigenvalue weighted by atomic mass is 9.88. The third kappa shape index (κ3) is 4.32. The summed E-state index contributed by atoms with van der Waals surface area (Å²) in [6.45, 7) is 5.60. The molecule has 0 saturated carbocycles. The lowest BCUT2D eigenvalue weighted by Crippen LogP contribution is -2.17. The van der Waals surface area contributed by atoms with Crippen LogP contribution in [0.2, 0.25) is 0 Å². The van der Waals surface area contributed by atoms with Crippen molar-refractivity contribution in [2.75, 3.05) is 7.11 Å². The molecule has 0 aliphatic rings. The summed E-state index contributed by atoms with van der Waals surface area (Å²) in [6, 6.07) is 12.7. The summed E-state index contributed by atoms with van der Waals surface area (Å²) in [4.78, 5) is 25.3. The summed E-state index contributed by atoms with van der Waals surface area (Å²) in [5.41, 5.74) is 0.00334. The lowest BCUT2D eigenvalue weighted by Gasteiger charge is -2.15. The fourth-order valence-electron chi connectivity index (χ4n) is 2.96. The molecule has 0 fully saturated rings. The molecule has 1 heterocycles. The van der Waals surface area contributed by atoms with E-state index in [1.54, 1.807) is 43.3 Å². The van der Waals surface area contributed by atoms with Crippen LogP contribution < -0.4 is 10.4 Å². The van der Waals surface area contributed by atoms with E-state index < -0.39 is 17.3 Å². The Balaban J connectivity index is 0.00000145. The molecule has 3 rings (SSSR count). The van der Waals surface area contributed by atoms with Gasteiger partial charge >= 0.3 is 5.63 Å². The Hall–Kier alpha value is -3.54. The normalized spacial score (nSPS) is 12.1. The quantitative estimate of drug-likeness (QED) is 0.274. The van der Waals surface area contributed by atoms with Crippen molar-refractivity contribution in [2.45, 2.75) is 26.7 Å². The van der Waals surface area contributed by atoms with Gasteiger partial charge in [0.05, 0.1) is 24.3 Å². The molecule has 0 aliphatic heterocycles. The van der Waals surface area contributed by atoms with Crippen molar-refractivity contribution in [1.82, 2.24) is 0 Å². The Morgan fingerprint density at radius 2 is 1.83 bits per heavy atom. The van der Waals surface area contributed by atoms with Crippen molar-refractivity contribution >= 4 is 16.8 Å². The first-order chi connectivity index (χ1) is 14.0. The van der Waals surface area contributed by atoms with Gasteiger partial charge in [-0.1, -0.05) is 39.0 Å². The van der Waals surface area contributed by atoms with E-state index >= 15 is 0 Å². The Bertz CT molecular complexity index is 1090. The van der Waals surface area contributed by atoms with Gasteiger partial charge in [0, 0.05) is 17.1 Å². The maximum absolute atomic E-state index is 12.9. The number of hydrogen-bond donors (Lipinski definition) is 2. The molecule has 29 heavy (non-hydrogen) atoms. The molecule has 0 saturated heterocycles. The molecule has 0 aliphatic carbocycles. The van der Waals surface area contributed by atoms with E-state index in [4.69, 9.17) is 9.15 Å². The number of aromatic hydroxyl groups is 1. The first-order valence-electron chi connectivity index (χ1n) is 9.25. The standard InChI is InChI=1S/C21H18O6.C2H6/c1-12(14-10-15-17(23)7-5-9-19(15)27-21(14)25)16(11-22)20(24)13-6-3-4-8-18(13)26-2;1-2/h3-12,22-23H,1-2H3;1-2H3/b16-11+;. The number of para-hydroxylation sites is 1. The van der Waals surface area contributed by atoms with Crippen LogP contribution in [-0.4, -0.2) is 23.1 Å². The van der Waals surface area contributed by atoms with Crippen LogP contribution in [0.4, 0.5) is 0 Å². The van der Waals surface area contributed by atoms with Gasteiger partial charge < -0.3 is 19.4 Å². The number of aliphatic hydroxyl groups excluding tert-OH is 1. The van der Waals surface area contributed by atoms with Gasteiger partial charge in [-0.15, -0.1) is 0 Å². The molecule has 0 radical (unpaired) electrons. The third-order valence-corrected chi connectivity index (χ3v) is 4.47. The highest BCUT2D eigenvalue weighted by molar-refractivity contribution is 6.11. The topological polar surface area (TPSA) is 97.0 Å². The van der Waals surface area contributed by atoms with Crippen LogP contribution in [0.25, 0.3) is 11.0 Å². The van der Waals surface area contributed by atoms with Crippen molar-refractivity contribution < 1.29 is 24.2 Å². The second kappa shape index (κ2) is 9.59. The predicted molar refractivity (Wildman–Crippen MR) is 112 cm³/mol. The number of carbonyl (C=O) groups excluding carboxylic acids is 1. The minimum atomic E-state index is -0.771. The minimum Gasteiger partial charge on any atom is -0.515 e. The van der Waals surface area contributed by atoms with Gasteiger partial charge in [-0.2, -0.15) is 0 Å². The van der Waals surface area contributed by atoms with E-state index in [0.717, 1.165) is 0 Å². The largest absolute Gasteiger partial charge is 0.515 e. The zero-order chi connectivity index (χ0) is 21.6. The van der Waals surface area contributed by atoms with Gasteiger partial charge in [0.25, 0.3) is 0 Å². The van der Waals surface area contributed by atoms with Crippen LogP contribution in [0.3, 0.4) is 0 Å². The van der Waals surface area contributed by atoms with Crippen LogP contribution >= 0.6 is 0 Å². The predicted octanol–water partition coefficient (Wildman–Crippen LogP) is 4.96. The van der Waals surface area contributed by atoms with E-state index in [0.29, 0.717) is 17.4 Å². The van der Waals surface area contributed by atoms with Crippen molar-refractivity contribution in [3.05, 3.63) is 81.9 Å². The second-order valence-corrected chi connectivity index (χ2v) is 6.01. The molecule has 1 unspecified atom stereocenters. The average Bonchev–Trinajstić information content (AvgIpc) is 2.75. The Kier molecular flexibility index (Phi) is 7.20. The molecule has 6 heteroatoms. The van der Waals surface area contributed by atoms with Gasteiger partial charge in [-0.3, -0.25) is 4.79 Å². The van der Waals surface area contributed by atoms with E-state index in [-0.39, 0.29) is 28.0 Å². The summed E-state index contributed by atoms with van der Waals surface area (Å²) in [6.07, 6.45) is 0.688. The molecule has 0 amide bonds. The number of phenols is 1. The number of ether oxygens (including phenoxy) is 1. The van der Waals surface area contributed by atoms with Gasteiger partial charge in [-0.05, 0) is 30.3 Å². The molecule has 0 spiro atoms. The zero-order valence-electron chi connectivity index (χ0n) is 16.8. The number of rotatable bonds is 5. The Morgan fingerprint density at radius 1 is 1.14 bits per heavy atom. The zero-order valence-corrected chi connectivity index (χ0v) is 16.8. The number of benzene rings is 2. The second-order valence-electron chi connectivity index (χ2n) is 6.01. The van der Waals surface area contributed by atoms with E-state index in [2.05, 4.69) is 0 Å². The lowest BCUT2D eigenvalue weighted by molar-refractivity contribution is 0.102. The molecule has 3 aromatic rings. The molecular formula is C23H24O6. The van der Waals surface area contributed by atoms with E-state index in [1.807, 2.05) is 13.8 Å². The van der Waals surface area contributed by atoms with Gasteiger partial charge in [0.1, 0.15) is 17.1 Å². The summed E-state index contributed by atoms with van der Waals surface area (Å²) >= 11 is 0. The highest BCUT2D eigenvalue weighted by atomic mass is 16.5. The summed E-state index contributed by atoms with van der Waals surface area (Å²) < 4.78 is 10.5. The van der Waals surface area contributed by atoms with Crippen molar-refractivity contribution in [1.29, 1.82) is 0 Å². The molecular weight excluding hydrogens is 372 g/mol. The van der Waals surface area contributed by atoms with Crippen LogP contribution in [0.1, 0.15) is 42.6 Å². The van der Waals surface area contributed by atoms with Crippen molar-refractivity contribution in [2.24, 2.45) is 0 Å². The van der Waals surface area contributed by atoms with E-state index in [9.17, 15) is 19.8 Å². The van der Waals surface area contributed by atoms with Crippen molar-refractivity contribution in [3.8, 4) is 11.5 Å². The molecule has 1 atom stereocenters. The fourth-order valence-corrected chi connectivity index (χ4v) is 2.96. The molecule has 2 N–H and O–H groups in total. The summed E-state index contributed by atoms with van der Waals surface area (Å²) in [7, 11) is 1.44. The summed E-state index contributed by atoms with van der Waals surface area (Å²) in [5, 5.41) is 20.1. The average molecular weight is 396 g/mol. The molecule has 1 aromatic heterocycles. The molecule has 152 valence electrons. The van der Waals surface area contributed by atoms with Gasteiger partial charge in [0.2, 0.25) is 0 Å². The maximum Gasteiger partial charge on any atom is 0.340 e. The molecule has 6 nitrogen and oxygen atoms in total. The van der Waals surface area contributed by atoms with Crippen LogP contribution in [0, 0.1) is 0 Å². The number of fused-ring (bicyclic) bond motifs is 1. The SMILES string of the molecule is CC.COc1ccccc1C(=O)/C(=C/O)C(C)c1cc2c(O)cccc2oc1=O. The Labute approximate surface area is 168 Å². The van der Waals surface area contributed by atoms with Crippen LogP contribution in [0.5, 0.6) is 11.5 Å². The smallest absolute Gasteiger partial charge is 0.340 e. The Morgan fingerprint density at radius 3 is 2.48 bits per heavy atom. The maximum atomic E-state index is 12.9. The van der Waals surface area contributed by atoms with Gasteiger partial charge in [0.15, 0.2) is 5.78 Å². The highest BCUT2D eigenvalue weighted by Crippen LogP contribution is 2.31. The fraction of sp³-hybridized carbons (Fsp3) is 0.217. The monoisotopic (exact) mass is 396 g/mol. The number of Topliss-reactive ketones (excluding diaryl/α,β-unsaturated/α-hetero) is 1. The first-order valence-corrected chi connectivity index (χ1v) is 9.25. The van der Waals surface area contributed by atoms with Crippen LogP contribution in [-0.2, 0) is 0 Å². The first kappa shape index (κ1) is 21.8. The van der Waals surface area contributed by atoms with Gasteiger partial charge in [-0.25, -0.2) is 4.79 Å². The molecule has 2 aromatic carbocycles. The number of carbonyl (C=O) groups is 1.